The number of nitrogens with one attached hydrogen (secondary N) is 1. The summed E-state index contributed by atoms with van der Waals surface area (Å²) in [5.74, 6) is 1.67. The second-order valence-corrected chi connectivity index (χ2v) is 6.49. The van der Waals surface area contributed by atoms with E-state index in [1.807, 2.05) is 30.5 Å². The SMILES string of the molecule is CC(C)c1cccc(C(C)C)c1N=Cc1nc2ccccc2[nH]1. The van der Waals surface area contributed by atoms with E-state index in [-0.39, 0.29) is 0 Å². The molecule has 0 spiro atoms. The van der Waals surface area contributed by atoms with Gasteiger partial charge in [-0.2, -0.15) is 0 Å². The Bertz CT molecular complexity index is 782. The molecular weight excluding hydrogens is 282 g/mol. The van der Waals surface area contributed by atoms with Crippen LogP contribution in [0.2, 0.25) is 0 Å². The van der Waals surface area contributed by atoms with E-state index in [1.165, 1.54) is 11.1 Å². The molecule has 0 unspecified atom stereocenters. The van der Waals surface area contributed by atoms with Gasteiger partial charge in [0.2, 0.25) is 0 Å². The monoisotopic (exact) mass is 305 g/mol. The van der Waals surface area contributed by atoms with Crippen LogP contribution in [0.3, 0.4) is 0 Å². The maximum Gasteiger partial charge on any atom is 0.149 e. The van der Waals surface area contributed by atoms with Gasteiger partial charge < -0.3 is 4.98 Å². The molecule has 3 heteroatoms. The van der Waals surface area contributed by atoms with E-state index in [0.717, 1.165) is 22.5 Å². The number of nitrogens with zero attached hydrogens (tertiary/aromatic N) is 2. The van der Waals surface area contributed by atoms with Crippen LogP contribution in [-0.2, 0) is 0 Å². The molecule has 0 atom stereocenters. The number of H-pyrrole nitrogens is 1. The Labute approximate surface area is 137 Å². The third-order valence-corrected chi connectivity index (χ3v) is 4.07. The van der Waals surface area contributed by atoms with E-state index in [0.29, 0.717) is 11.8 Å². The number of para-hydroxylation sites is 3. The van der Waals surface area contributed by atoms with Gasteiger partial charge in [-0.1, -0.05) is 58.0 Å². The van der Waals surface area contributed by atoms with Crippen molar-refractivity contribution in [1.82, 2.24) is 9.97 Å². The van der Waals surface area contributed by atoms with E-state index < -0.39 is 0 Å². The Morgan fingerprint density at radius 2 is 1.57 bits per heavy atom. The lowest BCUT2D eigenvalue weighted by Crippen LogP contribution is -1.96. The Kier molecular flexibility index (Phi) is 4.28. The highest BCUT2D eigenvalue weighted by Gasteiger charge is 2.12. The molecule has 0 saturated heterocycles. The highest BCUT2D eigenvalue weighted by Crippen LogP contribution is 2.34. The summed E-state index contributed by atoms with van der Waals surface area (Å²) < 4.78 is 0. The third-order valence-electron chi connectivity index (χ3n) is 4.07. The zero-order valence-corrected chi connectivity index (χ0v) is 14.2. The van der Waals surface area contributed by atoms with E-state index in [9.17, 15) is 0 Å². The first-order valence-corrected chi connectivity index (χ1v) is 8.18. The van der Waals surface area contributed by atoms with Gasteiger partial charge in [-0.15, -0.1) is 0 Å². The molecule has 3 rings (SSSR count). The van der Waals surface area contributed by atoms with Crippen molar-refractivity contribution < 1.29 is 0 Å². The van der Waals surface area contributed by atoms with E-state index >= 15 is 0 Å². The molecule has 0 aliphatic rings. The maximum atomic E-state index is 4.80. The molecule has 1 N–H and O–H groups in total. The number of rotatable bonds is 4. The maximum absolute atomic E-state index is 4.80. The van der Waals surface area contributed by atoms with Gasteiger partial charge in [-0.25, -0.2) is 4.98 Å². The zero-order valence-electron chi connectivity index (χ0n) is 14.2. The quantitative estimate of drug-likeness (QED) is 0.630. The van der Waals surface area contributed by atoms with Crippen molar-refractivity contribution in [1.29, 1.82) is 0 Å². The molecular formula is C20H23N3. The van der Waals surface area contributed by atoms with Crippen molar-refractivity contribution in [3.63, 3.8) is 0 Å². The second-order valence-electron chi connectivity index (χ2n) is 6.49. The minimum atomic E-state index is 0.441. The number of aromatic amines is 1. The molecule has 2 aromatic carbocycles. The van der Waals surface area contributed by atoms with Crippen LogP contribution >= 0.6 is 0 Å². The number of hydrogen-bond donors (Lipinski definition) is 1. The van der Waals surface area contributed by atoms with E-state index in [4.69, 9.17) is 4.99 Å². The van der Waals surface area contributed by atoms with Crippen LogP contribution in [0.25, 0.3) is 11.0 Å². The predicted octanol–water partition coefficient (Wildman–Crippen LogP) is 5.56. The Morgan fingerprint density at radius 3 is 2.17 bits per heavy atom. The number of aliphatic imine (C=N–C) groups is 1. The summed E-state index contributed by atoms with van der Waals surface area (Å²) in [7, 11) is 0. The average Bonchev–Trinajstić information content (AvgIpc) is 2.95. The smallest absolute Gasteiger partial charge is 0.149 e. The molecule has 23 heavy (non-hydrogen) atoms. The zero-order chi connectivity index (χ0) is 16.4. The first-order valence-electron chi connectivity index (χ1n) is 8.18. The summed E-state index contributed by atoms with van der Waals surface area (Å²) in [5.41, 5.74) is 5.65. The highest BCUT2D eigenvalue weighted by molar-refractivity contribution is 5.85. The molecule has 0 bridgehead atoms. The molecule has 0 saturated carbocycles. The molecule has 1 aromatic heterocycles. The first kappa shape index (κ1) is 15.5. The van der Waals surface area contributed by atoms with Crippen LogP contribution in [0, 0.1) is 0 Å². The van der Waals surface area contributed by atoms with Gasteiger partial charge >= 0.3 is 0 Å². The van der Waals surface area contributed by atoms with E-state index in [1.54, 1.807) is 0 Å². The molecule has 0 amide bonds. The van der Waals surface area contributed by atoms with Gasteiger partial charge in [0.25, 0.3) is 0 Å². The van der Waals surface area contributed by atoms with Crippen molar-refractivity contribution in [2.75, 3.05) is 0 Å². The lowest BCUT2D eigenvalue weighted by atomic mass is 9.93. The Hall–Kier alpha value is -2.42. The normalized spacial score (nSPS) is 12.1. The lowest BCUT2D eigenvalue weighted by Gasteiger charge is -2.16. The molecule has 0 fully saturated rings. The lowest BCUT2D eigenvalue weighted by molar-refractivity contribution is 0.835. The number of benzene rings is 2. The molecule has 3 nitrogen and oxygen atoms in total. The minimum Gasteiger partial charge on any atom is -0.337 e. The van der Waals surface area contributed by atoms with Crippen LogP contribution < -0.4 is 0 Å². The number of hydrogen-bond acceptors (Lipinski definition) is 2. The predicted molar refractivity (Wildman–Crippen MR) is 98.0 cm³/mol. The third kappa shape index (κ3) is 3.19. The Morgan fingerprint density at radius 1 is 0.913 bits per heavy atom. The van der Waals surface area contributed by atoms with Crippen LogP contribution in [0.4, 0.5) is 5.69 Å². The fourth-order valence-electron chi connectivity index (χ4n) is 2.82. The molecule has 0 aliphatic heterocycles. The molecule has 0 aliphatic carbocycles. The summed E-state index contributed by atoms with van der Waals surface area (Å²) in [6.07, 6.45) is 1.84. The van der Waals surface area contributed by atoms with Crippen molar-refractivity contribution in [2.45, 2.75) is 39.5 Å². The van der Waals surface area contributed by atoms with E-state index in [2.05, 4.69) is 55.9 Å². The van der Waals surface area contributed by atoms with Gasteiger partial charge in [0.15, 0.2) is 0 Å². The largest absolute Gasteiger partial charge is 0.337 e. The topological polar surface area (TPSA) is 41.0 Å². The highest BCUT2D eigenvalue weighted by atomic mass is 14.9. The molecule has 1 heterocycles. The van der Waals surface area contributed by atoms with Crippen molar-refractivity contribution in [3.05, 3.63) is 59.4 Å². The summed E-state index contributed by atoms with van der Waals surface area (Å²) >= 11 is 0. The fraction of sp³-hybridized carbons (Fsp3) is 0.300. The van der Waals surface area contributed by atoms with Gasteiger partial charge in [0, 0.05) is 0 Å². The van der Waals surface area contributed by atoms with Crippen LogP contribution in [0.1, 0.15) is 56.5 Å². The van der Waals surface area contributed by atoms with Crippen molar-refractivity contribution >= 4 is 22.9 Å². The number of aromatic nitrogens is 2. The van der Waals surface area contributed by atoms with Gasteiger partial charge in [0.05, 0.1) is 22.9 Å². The van der Waals surface area contributed by atoms with Gasteiger partial charge in [0.1, 0.15) is 5.82 Å². The van der Waals surface area contributed by atoms with Gasteiger partial charge in [-0.3, -0.25) is 4.99 Å². The number of fused-ring (bicyclic) bond motifs is 1. The molecule has 0 radical (unpaired) electrons. The number of imidazole rings is 1. The van der Waals surface area contributed by atoms with Crippen molar-refractivity contribution in [3.8, 4) is 0 Å². The molecule has 3 aromatic rings. The summed E-state index contributed by atoms with van der Waals surface area (Å²) in [6, 6.07) is 14.5. The average molecular weight is 305 g/mol. The summed E-state index contributed by atoms with van der Waals surface area (Å²) in [5, 5.41) is 0. The summed E-state index contributed by atoms with van der Waals surface area (Å²) in [6.45, 7) is 8.83. The molecule has 118 valence electrons. The minimum absolute atomic E-state index is 0.441. The van der Waals surface area contributed by atoms with Crippen LogP contribution in [0.5, 0.6) is 0 Å². The van der Waals surface area contributed by atoms with Crippen LogP contribution in [0.15, 0.2) is 47.5 Å². The fourth-order valence-corrected chi connectivity index (χ4v) is 2.82. The van der Waals surface area contributed by atoms with Crippen LogP contribution in [-0.4, -0.2) is 16.2 Å². The standard InChI is InChI=1S/C20H23N3/c1-13(2)15-8-7-9-16(14(3)4)20(15)21-12-19-22-17-10-5-6-11-18(17)23-19/h5-14H,1-4H3,(H,22,23). The van der Waals surface area contributed by atoms with Crippen molar-refractivity contribution in [2.24, 2.45) is 4.99 Å². The summed E-state index contributed by atoms with van der Waals surface area (Å²) in [4.78, 5) is 12.7. The Balaban J connectivity index is 2.04. The second kappa shape index (κ2) is 6.37. The first-order chi connectivity index (χ1) is 11.1. The van der Waals surface area contributed by atoms with Gasteiger partial charge in [-0.05, 0) is 35.1 Å².